The fourth-order valence-corrected chi connectivity index (χ4v) is 3.71. The topological polar surface area (TPSA) is 43.6 Å². The van der Waals surface area contributed by atoms with E-state index >= 15 is 0 Å². The van der Waals surface area contributed by atoms with Gasteiger partial charge in [-0.05, 0) is 25.0 Å². The van der Waals surface area contributed by atoms with Crippen LogP contribution in [0, 0.1) is 0 Å². The quantitative estimate of drug-likeness (QED) is 0.531. The van der Waals surface area contributed by atoms with Crippen molar-refractivity contribution in [1.82, 2.24) is 19.7 Å². The minimum atomic E-state index is 0.566. The standard InChI is InChI=1S/C16H15ClN4S/c1-21-15(10-6-7-10)19-20-16(21)22-9-12-8-11-4-2-3-5-13(11)18-14(12)17/h2-5,8,10H,6-7,9H2,1H3. The number of fused-ring (bicyclic) bond motifs is 1. The van der Waals surface area contributed by atoms with Gasteiger partial charge >= 0.3 is 0 Å². The van der Waals surface area contributed by atoms with Crippen molar-refractivity contribution in [3.8, 4) is 0 Å². The number of hydrogen-bond donors (Lipinski definition) is 0. The van der Waals surface area contributed by atoms with Gasteiger partial charge in [0.15, 0.2) is 5.16 Å². The Bertz CT molecular complexity index is 841. The zero-order valence-electron chi connectivity index (χ0n) is 12.2. The minimum absolute atomic E-state index is 0.566. The van der Waals surface area contributed by atoms with Gasteiger partial charge < -0.3 is 4.57 Å². The van der Waals surface area contributed by atoms with Gasteiger partial charge in [0.2, 0.25) is 0 Å². The number of aromatic nitrogens is 4. The lowest BCUT2D eigenvalue weighted by atomic mass is 10.2. The first kappa shape index (κ1) is 14.0. The van der Waals surface area contributed by atoms with Crippen molar-refractivity contribution in [2.75, 3.05) is 0 Å². The molecule has 0 radical (unpaired) electrons. The lowest BCUT2D eigenvalue weighted by Crippen LogP contribution is -1.97. The molecule has 3 aromatic rings. The number of halogens is 1. The number of pyridine rings is 1. The van der Waals surface area contributed by atoms with Crippen molar-refractivity contribution in [1.29, 1.82) is 0 Å². The first-order valence-corrected chi connectivity index (χ1v) is 8.65. The van der Waals surface area contributed by atoms with Crippen LogP contribution in [0.3, 0.4) is 0 Å². The average molecular weight is 331 g/mol. The van der Waals surface area contributed by atoms with Gasteiger partial charge in [0.1, 0.15) is 11.0 Å². The zero-order chi connectivity index (χ0) is 15.1. The van der Waals surface area contributed by atoms with Crippen LogP contribution in [-0.2, 0) is 12.8 Å². The summed E-state index contributed by atoms with van der Waals surface area (Å²) in [5, 5.41) is 11.2. The summed E-state index contributed by atoms with van der Waals surface area (Å²) in [5.74, 6) is 2.45. The summed E-state index contributed by atoms with van der Waals surface area (Å²) in [5.41, 5.74) is 1.96. The SMILES string of the molecule is Cn1c(SCc2cc3ccccc3nc2Cl)nnc1C1CC1. The molecule has 6 heteroatoms. The van der Waals surface area contributed by atoms with E-state index in [2.05, 4.69) is 31.9 Å². The van der Waals surface area contributed by atoms with Gasteiger partial charge in [0.05, 0.1) is 5.52 Å². The van der Waals surface area contributed by atoms with Crippen LogP contribution in [-0.4, -0.2) is 19.7 Å². The van der Waals surface area contributed by atoms with Crippen LogP contribution in [0.15, 0.2) is 35.5 Å². The first-order chi connectivity index (χ1) is 10.7. The maximum Gasteiger partial charge on any atom is 0.191 e. The van der Waals surface area contributed by atoms with Crippen molar-refractivity contribution in [2.24, 2.45) is 7.05 Å². The lowest BCUT2D eigenvalue weighted by molar-refractivity contribution is 0.736. The highest BCUT2D eigenvalue weighted by Crippen LogP contribution is 2.39. The van der Waals surface area contributed by atoms with Crippen LogP contribution in [0.2, 0.25) is 5.15 Å². The fourth-order valence-electron chi connectivity index (χ4n) is 2.53. The maximum atomic E-state index is 6.31. The molecule has 0 atom stereocenters. The zero-order valence-corrected chi connectivity index (χ0v) is 13.7. The number of rotatable bonds is 4. The molecule has 1 aliphatic rings. The van der Waals surface area contributed by atoms with Gasteiger partial charge in [0.25, 0.3) is 0 Å². The van der Waals surface area contributed by atoms with E-state index in [0.29, 0.717) is 11.1 Å². The van der Waals surface area contributed by atoms with Crippen molar-refractivity contribution >= 4 is 34.3 Å². The molecule has 0 bridgehead atoms. The Morgan fingerprint density at radius 3 is 2.91 bits per heavy atom. The molecule has 1 fully saturated rings. The first-order valence-electron chi connectivity index (χ1n) is 7.28. The second-order valence-electron chi connectivity index (χ2n) is 5.59. The molecule has 1 aliphatic carbocycles. The molecule has 0 amide bonds. The predicted molar refractivity (Wildman–Crippen MR) is 89.3 cm³/mol. The summed E-state index contributed by atoms with van der Waals surface area (Å²) >= 11 is 7.96. The van der Waals surface area contributed by atoms with Crippen LogP contribution in [0.5, 0.6) is 0 Å². The van der Waals surface area contributed by atoms with Crippen molar-refractivity contribution in [3.05, 3.63) is 46.9 Å². The van der Waals surface area contributed by atoms with Crippen LogP contribution < -0.4 is 0 Å². The predicted octanol–water partition coefficient (Wildman–Crippen LogP) is 4.19. The molecule has 4 rings (SSSR count). The maximum absolute atomic E-state index is 6.31. The largest absolute Gasteiger partial charge is 0.309 e. The van der Waals surface area contributed by atoms with E-state index in [-0.39, 0.29) is 0 Å². The summed E-state index contributed by atoms with van der Waals surface area (Å²) in [6.07, 6.45) is 2.47. The smallest absolute Gasteiger partial charge is 0.191 e. The molecule has 0 aliphatic heterocycles. The van der Waals surface area contributed by atoms with Crippen LogP contribution in [0.4, 0.5) is 0 Å². The van der Waals surface area contributed by atoms with Gasteiger partial charge in [0, 0.05) is 29.7 Å². The van der Waals surface area contributed by atoms with Crippen LogP contribution >= 0.6 is 23.4 Å². The Balaban J connectivity index is 1.57. The van der Waals surface area contributed by atoms with E-state index in [4.69, 9.17) is 11.6 Å². The van der Waals surface area contributed by atoms with E-state index in [1.54, 1.807) is 11.8 Å². The third-order valence-corrected chi connectivity index (χ3v) is 5.31. The molecule has 22 heavy (non-hydrogen) atoms. The minimum Gasteiger partial charge on any atom is -0.309 e. The Kier molecular flexibility index (Phi) is 3.54. The molecule has 0 unspecified atom stereocenters. The molecule has 1 saturated carbocycles. The number of para-hydroxylation sites is 1. The molecular formula is C16H15ClN4S. The molecule has 4 nitrogen and oxygen atoms in total. The van der Waals surface area contributed by atoms with Crippen LogP contribution in [0.1, 0.15) is 30.1 Å². The summed E-state index contributed by atoms with van der Waals surface area (Å²) in [6.45, 7) is 0. The second-order valence-corrected chi connectivity index (χ2v) is 6.89. The molecule has 2 heterocycles. The summed E-state index contributed by atoms with van der Waals surface area (Å²) in [7, 11) is 2.04. The van der Waals surface area contributed by atoms with Crippen molar-refractivity contribution in [3.63, 3.8) is 0 Å². The fraction of sp³-hybridized carbons (Fsp3) is 0.312. The lowest BCUT2D eigenvalue weighted by Gasteiger charge is -2.06. The highest BCUT2D eigenvalue weighted by molar-refractivity contribution is 7.98. The highest BCUT2D eigenvalue weighted by Gasteiger charge is 2.29. The van der Waals surface area contributed by atoms with E-state index in [9.17, 15) is 0 Å². The molecule has 2 aromatic heterocycles. The van der Waals surface area contributed by atoms with Gasteiger partial charge in [-0.25, -0.2) is 4.98 Å². The number of thioether (sulfide) groups is 1. The molecule has 0 saturated heterocycles. The Labute approximate surface area is 137 Å². The third kappa shape index (κ3) is 2.59. The average Bonchev–Trinajstić information content (AvgIpc) is 3.29. The highest BCUT2D eigenvalue weighted by atomic mass is 35.5. The molecule has 0 spiro atoms. The molecule has 1 aromatic carbocycles. The molecule has 0 N–H and O–H groups in total. The van der Waals surface area contributed by atoms with Crippen LogP contribution in [0.25, 0.3) is 10.9 Å². The molecular weight excluding hydrogens is 316 g/mol. The monoisotopic (exact) mass is 330 g/mol. The normalized spacial score (nSPS) is 14.6. The van der Waals surface area contributed by atoms with Crippen molar-refractivity contribution in [2.45, 2.75) is 29.7 Å². The van der Waals surface area contributed by atoms with Gasteiger partial charge in [-0.2, -0.15) is 0 Å². The second kappa shape index (κ2) is 5.56. The van der Waals surface area contributed by atoms with Gasteiger partial charge in [-0.1, -0.05) is 41.6 Å². The Morgan fingerprint density at radius 1 is 1.27 bits per heavy atom. The van der Waals surface area contributed by atoms with E-state index in [1.807, 2.05) is 25.2 Å². The van der Waals surface area contributed by atoms with Gasteiger partial charge in [-0.3, -0.25) is 0 Å². The van der Waals surface area contributed by atoms with Crippen molar-refractivity contribution < 1.29 is 0 Å². The number of nitrogens with zero attached hydrogens (tertiary/aromatic N) is 4. The Hall–Kier alpha value is -1.59. The number of hydrogen-bond acceptors (Lipinski definition) is 4. The Morgan fingerprint density at radius 2 is 2.09 bits per heavy atom. The number of benzene rings is 1. The van der Waals surface area contributed by atoms with E-state index in [0.717, 1.165) is 33.2 Å². The summed E-state index contributed by atoms with van der Waals surface area (Å²) in [4.78, 5) is 4.46. The van der Waals surface area contributed by atoms with Gasteiger partial charge in [-0.15, -0.1) is 10.2 Å². The third-order valence-electron chi connectivity index (χ3n) is 3.92. The van der Waals surface area contributed by atoms with E-state index < -0.39 is 0 Å². The molecule has 112 valence electrons. The summed E-state index contributed by atoms with van der Waals surface area (Å²) < 4.78 is 2.10. The summed E-state index contributed by atoms with van der Waals surface area (Å²) in [6, 6.07) is 10.1. The van der Waals surface area contributed by atoms with E-state index in [1.165, 1.54) is 12.8 Å².